The van der Waals surface area contributed by atoms with Crippen molar-refractivity contribution >= 4 is 28.5 Å². The number of carboxylic acids is 1. The van der Waals surface area contributed by atoms with Crippen LogP contribution >= 0.6 is 0 Å². The Morgan fingerprint density at radius 2 is 1.81 bits per heavy atom. The highest BCUT2D eigenvalue weighted by Crippen LogP contribution is 2.26. The first-order valence-corrected chi connectivity index (χ1v) is 6.10. The number of fused-ring (bicyclic) bond motifs is 1. The Morgan fingerprint density at radius 3 is 2.48 bits per heavy atom. The normalized spacial score (nSPS) is 10.7. The van der Waals surface area contributed by atoms with Crippen molar-refractivity contribution in [1.82, 2.24) is 4.98 Å². The smallest absolute Gasteiger partial charge is 0.337 e. The molecule has 6 heteroatoms. The fourth-order valence-electron chi connectivity index (χ4n) is 2.01. The summed E-state index contributed by atoms with van der Waals surface area (Å²) in [6.45, 7) is 0. The molecule has 0 saturated heterocycles. The molecule has 0 saturated carbocycles. The zero-order valence-corrected chi connectivity index (χ0v) is 10.7. The largest absolute Gasteiger partial charge is 0.478 e. The molecule has 0 aliphatic carbocycles. The lowest BCUT2D eigenvalue weighted by Crippen LogP contribution is -2.03. The molecule has 0 radical (unpaired) electrons. The Balaban J connectivity index is 2.12. The minimum atomic E-state index is -1.16. The number of aromatic carboxylic acids is 1. The van der Waals surface area contributed by atoms with Gasteiger partial charge in [-0.15, -0.1) is 0 Å². The summed E-state index contributed by atoms with van der Waals surface area (Å²) in [7, 11) is 0. The highest BCUT2D eigenvalue weighted by atomic mass is 16.4. The number of hydrogen-bond donors (Lipinski definition) is 2. The van der Waals surface area contributed by atoms with E-state index in [-0.39, 0.29) is 34.0 Å². The molecule has 0 spiro atoms. The molecular weight excluding hydrogens is 272 g/mol. The van der Waals surface area contributed by atoms with Gasteiger partial charge in [-0.25, -0.2) is 9.78 Å². The van der Waals surface area contributed by atoms with Gasteiger partial charge in [-0.3, -0.25) is 4.79 Å². The second-order valence-corrected chi connectivity index (χ2v) is 4.39. The van der Waals surface area contributed by atoms with Crippen LogP contribution in [0.4, 0.5) is 5.69 Å². The molecule has 0 fully saturated rings. The van der Waals surface area contributed by atoms with Crippen LogP contribution in [0.1, 0.15) is 26.6 Å². The second-order valence-electron chi connectivity index (χ2n) is 4.39. The summed E-state index contributed by atoms with van der Waals surface area (Å²) in [5.74, 6) is -1.66. The fourth-order valence-corrected chi connectivity index (χ4v) is 2.01. The number of nitrogen functional groups attached to an aromatic ring is 1. The molecule has 1 aromatic heterocycles. The topological polar surface area (TPSA) is 106 Å². The van der Waals surface area contributed by atoms with Crippen LogP contribution in [-0.2, 0) is 0 Å². The number of nitrogens with zero attached hydrogens (tertiary/aromatic N) is 1. The van der Waals surface area contributed by atoms with Crippen molar-refractivity contribution in [2.24, 2.45) is 0 Å². The molecule has 6 nitrogen and oxygen atoms in total. The lowest BCUT2D eigenvalue weighted by Gasteiger charge is -1.98. The maximum Gasteiger partial charge on any atom is 0.337 e. The number of rotatable bonds is 3. The standard InChI is InChI=1S/C15H10N2O4/c16-11-9(15(19)20)6-7-10-12(11)17-14(21-10)13(18)8-4-2-1-3-5-8/h1-7H,16H2,(H,19,20). The third kappa shape index (κ3) is 2.12. The first-order valence-electron chi connectivity index (χ1n) is 6.10. The lowest BCUT2D eigenvalue weighted by atomic mass is 10.1. The van der Waals surface area contributed by atoms with Gasteiger partial charge in [0.2, 0.25) is 5.78 Å². The molecule has 0 amide bonds. The summed E-state index contributed by atoms with van der Waals surface area (Å²) in [6, 6.07) is 11.3. The maximum absolute atomic E-state index is 12.2. The van der Waals surface area contributed by atoms with Gasteiger partial charge in [0.1, 0.15) is 5.52 Å². The summed E-state index contributed by atoms with van der Waals surface area (Å²) in [4.78, 5) is 27.3. The van der Waals surface area contributed by atoms with E-state index in [0.29, 0.717) is 5.56 Å². The van der Waals surface area contributed by atoms with Gasteiger partial charge in [-0.2, -0.15) is 0 Å². The van der Waals surface area contributed by atoms with Gasteiger partial charge in [-0.05, 0) is 12.1 Å². The molecule has 0 unspecified atom stereocenters. The number of ketones is 1. The molecule has 21 heavy (non-hydrogen) atoms. The minimum Gasteiger partial charge on any atom is -0.478 e. The van der Waals surface area contributed by atoms with Gasteiger partial charge in [0.25, 0.3) is 5.89 Å². The van der Waals surface area contributed by atoms with Crippen molar-refractivity contribution in [3.8, 4) is 0 Å². The average molecular weight is 282 g/mol. The number of carbonyl (C=O) groups excluding carboxylic acids is 1. The van der Waals surface area contributed by atoms with E-state index in [1.807, 2.05) is 0 Å². The highest BCUT2D eigenvalue weighted by molar-refractivity contribution is 6.08. The van der Waals surface area contributed by atoms with Gasteiger partial charge in [0, 0.05) is 5.56 Å². The van der Waals surface area contributed by atoms with Crippen molar-refractivity contribution < 1.29 is 19.1 Å². The van der Waals surface area contributed by atoms with E-state index in [1.165, 1.54) is 12.1 Å². The molecule has 3 N–H and O–H groups in total. The zero-order valence-electron chi connectivity index (χ0n) is 10.7. The Labute approximate surface area is 118 Å². The summed E-state index contributed by atoms with van der Waals surface area (Å²) in [6.07, 6.45) is 0. The fraction of sp³-hybridized carbons (Fsp3) is 0. The van der Waals surface area contributed by atoms with Crippen LogP contribution in [0.15, 0.2) is 46.9 Å². The Kier molecular flexibility index (Phi) is 2.91. The van der Waals surface area contributed by atoms with E-state index < -0.39 is 5.97 Å². The molecule has 1 heterocycles. The number of carboxylic acid groups (broad SMARTS) is 1. The summed E-state index contributed by atoms with van der Waals surface area (Å²) in [5, 5.41) is 9.01. The summed E-state index contributed by atoms with van der Waals surface area (Å²) < 4.78 is 5.37. The number of hydrogen-bond acceptors (Lipinski definition) is 5. The van der Waals surface area contributed by atoms with Gasteiger partial charge in [0.05, 0.1) is 11.3 Å². The van der Waals surface area contributed by atoms with Gasteiger partial charge in [0.15, 0.2) is 5.58 Å². The van der Waals surface area contributed by atoms with E-state index >= 15 is 0 Å². The highest BCUT2D eigenvalue weighted by Gasteiger charge is 2.20. The van der Waals surface area contributed by atoms with Gasteiger partial charge in [-0.1, -0.05) is 30.3 Å². The number of oxazole rings is 1. The first-order chi connectivity index (χ1) is 10.1. The first kappa shape index (κ1) is 12.9. The van der Waals surface area contributed by atoms with Gasteiger partial charge < -0.3 is 15.3 Å². The molecule has 2 aromatic carbocycles. The quantitative estimate of drug-likeness (QED) is 0.564. The molecule has 104 valence electrons. The number of anilines is 1. The zero-order chi connectivity index (χ0) is 15.0. The number of aromatic nitrogens is 1. The SMILES string of the molecule is Nc1c(C(=O)O)ccc2oc(C(=O)c3ccccc3)nc12. The van der Waals surface area contributed by atoms with Crippen LogP contribution in [0.5, 0.6) is 0 Å². The Hall–Kier alpha value is -3.15. The number of nitrogens with two attached hydrogens (primary N) is 1. The van der Waals surface area contributed by atoms with Crippen molar-refractivity contribution in [1.29, 1.82) is 0 Å². The van der Waals surface area contributed by atoms with E-state index in [2.05, 4.69) is 4.98 Å². The minimum absolute atomic E-state index is 0.0177. The van der Waals surface area contributed by atoms with Crippen LogP contribution in [0.2, 0.25) is 0 Å². The Morgan fingerprint density at radius 1 is 1.10 bits per heavy atom. The van der Waals surface area contributed by atoms with Crippen molar-refractivity contribution in [3.63, 3.8) is 0 Å². The van der Waals surface area contributed by atoms with Crippen molar-refractivity contribution in [2.45, 2.75) is 0 Å². The summed E-state index contributed by atoms with van der Waals surface area (Å²) in [5.41, 5.74) is 6.55. The molecule has 3 rings (SSSR count). The van der Waals surface area contributed by atoms with E-state index in [4.69, 9.17) is 15.3 Å². The number of carbonyl (C=O) groups is 2. The maximum atomic E-state index is 12.2. The molecule has 0 bridgehead atoms. The monoisotopic (exact) mass is 282 g/mol. The molecule has 0 aliphatic rings. The van der Waals surface area contributed by atoms with Crippen LogP contribution in [-0.4, -0.2) is 21.8 Å². The predicted molar refractivity (Wildman–Crippen MR) is 75.3 cm³/mol. The molecular formula is C15H10N2O4. The summed E-state index contributed by atoms with van der Waals surface area (Å²) >= 11 is 0. The molecule has 0 atom stereocenters. The van der Waals surface area contributed by atoms with Crippen LogP contribution < -0.4 is 5.73 Å². The van der Waals surface area contributed by atoms with E-state index in [1.54, 1.807) is 30.3 Å². The number of benzene rings is 2. The second kappa shape index (κ2) is 4.75. The predicted octanol–water partition coefficient (Wildman–Crippen LogP) is 2.34. The van der Waals surface area contributed by atoms with Crippen LogP contribution in [0, 0.1) is 0 Å². The van der Waals surface area contributed by atoms with Crippen molar-refractivity contribution in [2.75, 3.05) is 5.73 Å². The van der Waals surface area contributed by atoms with E-state index in [9.17, 15) is 9.59 Å². The van der Waals surface area contributed by atoms with Crippen molar-refractivity contribution in [3.05, 3.63) is 59.5 Å². The average Bonchev–Trinajstić information content (AvgIpc) is 2.92. The van der Waals surface area contributed by atoms with Crippen LogP contribution in [0.25, 0.3) is 11.1 Å². The van der Waals surface area contributed by atoms with E-state index in [0.717, 1.165) is 0 Å². The Bertz CT molecular complexity index is 853. The third-order valence-corrected chi connectivity index (χ3v) is 3.06. The van der Waals surface area contributed by atoms with Crippen LogP contribution in [0.3, 0.4) is 0 Å². The molecule has 0 aliphatic heterocycles. The lowest BCUT2D eigenvalue weighted by molar-refractivity contribution is 0.0698. The third-order valence-electron chi connectivity index (χ3n) is 3.06. The molecule has 3 aromatic rings. The van der Waals surface area contributed by atoms with Gasteiger partial charge >= 0.3 is 5.97 Å².